The SMILES string of the molecule is Cc1cnc(CC(=O)[C@H](CC2CCCCC2)n2cnc3ccccc3c2=O)s1. The number of aryl methyl sites for hydroxylation is 1. The molecule has 146 valence electrons. The lowest BCUT2D eigenvalue weighted by molar-refractivity contribution is -0.122. The fourth-order valence-corrected chi connectivity index (χ4v) is 4.99. The average Bonchev–Trinajstić information content (AvgIpc) is 3.12. The van der Waals surface area contributed by atoms with Crippen molar-refractivity contribution in [1.29, 1.82) is 0 Å². The molecular weight excluding hydrogens is 370 g/mol. The van der Waals surface area contributed by atoms with Crippen LogP contribution in [0.25, 0.3) is 10.9 Å². The first-order chi connectivity index (χ1) is 13.6. The summed E-state index contributed by atoms with van der Waals surface area (Å²) in [5.74, 6) is 0.540. The first kappa shape index (κ1) is 19.0. The summed E-state index contributed by atoms with van der Waals surface area (Å²) >= 11 is 1.55. The van der Waals surface area contributed by atoms with Crippen molar-refractivity contribution in [2.75, 3.05) is 0 Å². The molecule has 0 spiro atoms. The van der Waals surface area contributed by atoms with E-state index < -0.39 is 6.04 Å². The lowest BCUT2D eigenvalue weighted by Gasteiger charge is -2.27. The minimum atomic E-state index is -0.475. The third-order valence-electron chi connectivity index (χ3n) is 5.67. The molecule has 2 aromatic heterocycles. The van der Waals surface area contributed by atoms with Gasteiger partial charge in [-0.25, -0.2) is 9.97 Å². The summed E-state index contributed by atoms with van der Waals surface area (Å²) in [5, 5.41) is 1.38. The van der Waals surface area contributed by atoms with E-state index in [0.29, 0.717) is 23.2 Å². The molecular formula is C22H25N3O2S. The minimum absolute atomic E-state index is 0.0547. The summed E-state index contributed by atoms with van der Waals surface area (Å²) < 4.78 is 1.57. The zero-order chi connectivity index (χ0) is 19.5. The second kappa shape index (κ2) is 8.35. The zero-order valence-electron chi connectivity index (χ0n) is 16.1. The largest absolute Gasteiger partial charge is 0.297 e. The second-order valence-electron chi connectivity index (χ2n) is 7.74. The highest BCUT2D eigenvalue weighted by atomic mass is 32.1. The Hall–Kier alpha value is -2.34. The number of fused-ring (bicyclic) bond motifs is 1. The Kier molecular flexibility index (Phi) is 5.67. The Bertz CT molecular complexity index is 1030. The molecule has 1 fully saturated rings. The first-order valence-corrected chi connectivity index (χ1v) is 10.8. The van der Waals surface area contributed by atoms with Crippen molar-refractivity contribution in [2.45, 2.75) is 57.9 Å². The standard InChI is InChI=1S/C22H25N3O2S/c1-15-13-23-21(28-15)12-20(26)19(11-16-7-3-2-4-8-16)25-14-24-18-10-6-5-9-17(18)22(25)27/h5-6,9-10,13-14,16,19H,2-4,7-8,11-12H2,1H3/t19-/m0/s1. The Morgan fingerprint density at radius 3 is 2.75 bits per heavy atom. The van der Waals surface area contributed by atoms with Crippen LogP contribution in [0.5, 0.6) is 0 Å². The van der Waals surface area contributed by atoms with Gasteiger partial charge in [-0.05, 0) is 31.4 Å². The fourth-order valence-electron chi connectivity index (χ4n) is 4.19. The van der Waals surface area contributed by atoms with Crippen molar-refractivity contribution >= 4 is 28.0 Å². The molecule has 5 nitrogen and oxygen atoms in total. The van der Waals surface area contributed by atoms with Crippen LogP contribution in [0.2, 0.25) is 0 Å². The van der Waals surface area contributed by atoms with Gasteiger partial charge in [0, 0.05) is 11.1 Å². The Labute approximate surface area is 168 Å². The molecule has 28 heavy (non-hydrogen) atoms. The van der Waals surface area contributed by atoms with Crippen molar-refractivity contribution in [2.24, 2.45) is 5.92 Å². The maximum Gasteiger partial charge on any atom is 0.261 e. The number of hydrogen-bond donors (Lipinski definition) is 0. The van der Waals surface area contributed by atoms with Gasteiger partial charge in [0.15, 0.2) is 5.78 Å². The maximum absolute atomic E-state index is 13.3. The summed E-state index contributed by atoms with van der Waals surface area (Å²) in [6.07, 6.45) is 10.3. The highest BCUT2D eigenvalue weighted by Crippen LogP contribution is 2.31. The molecule has 0 unspecified atom stereocenters. The second-order valence-corrected chi connectivity index (χ2v) is 9.06. The van der Waals surface area contributed by atoms with E-state index in [-0.39, 0.29) is 17.8 Å². The molecule has 0 radical (unpaired) electrons. The summed E-state index contributed by atoms with van der Waals surface area (Å²) in [4.78, 5) is 36.3. The number of para-hydroxylation sites is 1. The third-order valence-corrected chi connectivity index (χ3v) is 6.59. The summed E-state index contributed by atoms with van der Waals surface area (Å²) in [6, 6.07) is 6.85. The van der Waals surface area contributed by atoms with E-state index >= 15 is 0 Å². The maximum atomic E-state index is 13.3. The normalized spacial score (nSPS) is 16.3. The molecule has 1 atom stereocenters. The predicted octanol–water partition coefficient (Wildman–Crippen LogP) is 4.48. The highest BCUT2D eigenvalue weighted by molar-refractivity contribution is 7.11. The summed E-state index contributed by atoms with van der Waals surface area (Å²) in [7, 11) is 0. The highest BCUT2D eigenvalue weighted by Gasteiger charge is 2.27. The van der Waals surface area contributed by atoms with Gasteiger partial charge in [-0.2, -0.15) is 0 Å². The number of carbonyl (C=O) groups is 1. The van der Waals surface area contributed by atoms with Gasteiger partial charge in [-0.3, -0.25) is 14.2 Å². The smallest absolute Gasteiger partial charge is 0.261 e. The Balaban J connectivity index is 1.68. The molecule has 0 aliphatic heterocycles. The topological polar surface area (TPSA) is 64.8 Å². The Morgan fingerprint density at radius 1 is 1.21 bits per heavy atom. The minimum Gasteiger partial charge on any atom is -0.297 e. The molecule has 1 saturated carbocycles. The van der Waals surface area contributed by atoms with E-state index in [1.807, 2.05) is 25.1 Å². The van der Waals surface area contributed by atoms with Crippen molar-refractivity contribution in [1.82, 2.24) is 14.5 Å². The van der Waals surface area contributed by atoms with E-state index in [9.17, 15) is 9.59 Å². The van der Waals surface area contributed by atoms with Crippen LogP contribution in [0.1, 0.15) is 54.5 Å². The monoisotopic (exact) mass is 395 g/mol. The molecule has 3 aromatic rings. The van der Waals surface area contributed by atoms with Crippen LogP contribution in [0.3, 0.4) is 0 Å². The van der Waals surface area contributed by atoms with Gasteiger partial charge in [0.25, 0.3) is 5.56 Å². The molecule has 6 heteroatoms. The summed E-state index contributed by atoms with van der Waals surface area (Å²) in [5.41, 5.74) is 0.540. The van der Waals surface area contributed by atoms with Gasteiger partial charge in [-0.15, -0.1) is 11.3 Å². The van der Waals surface area contributed by atoms with Crippen LogP contribution in [-0.4, -0.2) is 20.3 Å². The van der Waals surface area contributed by atoms with Crippen LogP contribution in [0.15, 0.2) is 41.6 Å². The number of aromatic nitrogens is 3. The number of Topliss-reactive ketones (excluding diaryl/α,β-unsaturated/α-hetero) is 1. The number of rotatable bonds is 6. The lowest BCUT2D eigenvalue weighted by atomic mass is 9.83. The van der Waals surface area contributed by atoms with Crippen LogP contribution in [0, 0.1) is 12.8 Å². The molecule has 0 amide bonds. The van der Waals surface area contributed by atoms with Gasteiger partial charge in [0.2, 0.25) is 0 Å². The molecule has 2 heterocycles. The van der Waals surface area contributed by atoms with Crippen LogP contribution >= 0.6 is 11.3 Å². The fraction of sp³-hybridized carbons (Fsp3) is 0.455. The number of nitrogens with zero attached hydrogens (tertiary/aromatic N) is 3. The quantitative estimate of drug-likeness (QED) is 0.617. The molecule has 4 rings (SSSR count). The van der Waals surface area contributed by atoms with Gasteiger partial charge in [0.1, 0.15) is 5.01 Å². The first-order valence-electron chi connectivity index (χ1n) is 10.0. The van der Waals surface area contributed by atoms with Crippen molar-refractivity contribution in [3.63, 3.8) is 0 Å². The molecule has 0 saturated heterocycles. The Morgan fingerprint density at radius 2 is 2.00 bits per heavy atom. The molecule has 1 aliphatic rings. The number of ketones is 1. The molecule has 0 N–H and O–H groups in total. The van der Waals surface area contributed by atoms with Crippen molar-refractivity contribution in [3.8, 4) is 0 Å². The predicted molar refractivity (Wildman–Crippen MR) is 112 cm³/mol. The molecule has 0 bridgehead atoms. The van der Waals surface area contributed by atoms with Crippen LogP contribution in [0.4, 0.5) is 0 Å². The van der Waals surface area contributed by atoms with Crippen molar-refractivity contribution < 1.29 is 4.79 Å². The lowest BCUT2D eigenvalue weighted by Crippen LogP contribution is -2.33. The molecule has 1 aromatic carbocycles. The average molecular weight is 396 g/mol. The summed E-state index contributed by atoms with van der Waals surface area (Å²) in [6.45, 7) is 1.99. The van der Waals surface area contributed by atoms with E-state index in [1.165, 1.54) is 19.3 Å². The van der Waals surface area contributed by atoms with E-state index in [2.05, 4.69) is 9.97 Å². The molecule has 1 aliphatic carbocycles. The van der Waals surface area contributed by atoms with E-state index in [4.69, 9.17) is 0 Å². The van der Waals surface area contributed by atoms with Crippen LogP contribution in [-0.2, 0) is 11.2 Å². The number of carbonyl (C=O) groups excluding carboxylic acids is 1. The van der Waals surface area contributed by atoms with Gasteiger partial charge >= 0.3 is 0 Å². The van der Waals surface area contributed by atoms with Crippen molar-refractivity contribution in [3.05, 3.63) is 57.0 Å². The van der Waals surface area contributed by atoms with Gasteiger partial charge in [-0.1, -0.05) is 44.2 Å². The van der Waals surface area contributed by atoms with E-state index in [1.54, 1.807) is 34.5 Å². The number of thiazole rings is 1. The van der Waals surface area contributed by atoms with Gasteiger partial charge < -0.3 is 0 Å². The third kappa shape index (κ3) is 4.07. The number of benzene rings is 1. The zero-order valence-corrected chi connectivity index (χ0v) is 17.0. The van der Waals surface area contributed by atoms with E-state index in [0.717, 1.165) is 22.7 Å². The van der Waals surface area contributed by atoms with Gasteiger partial charge in [0.05, 0.1) is 29.7 Å². The van der Waals surface area contributed by atoms with Crippen LogP contribution < -0.4 is 5.56 Å². The number of hydrogen-bond acceptors (Lipinski definition) is 5.